The van der Waals surface area contributed by atoms with E-state index < -0.39 is 24.3 Å². The van der Waals surface area contributed by atoms with Crippen LogP contribution in [-0.2, 0) is 11.2 Å². The molecular formula is C20H32N2O4. The monoisotopic (exact) mass is 364 g/mol. The Labute approximate surface area is 155 Å². The zero-order valence-corrected chi connectivity index (χ0v) is 15.7. The zero-order valence-electron chi connectivity index (χ0n) is 15.7. The van der Waals surface area contributed by atoms with E-state index >= 15 is 0 Å². The molecule has 1 aromatic rings. The number of carbonyl (C=O) groups is 1. The maximum atomic E-state index is 12.2. The van der Waals surface area contributed by atoms with Crippen LogP contribution in [0, 0.1) is 5.92 Å². The van der Waals surface area contributed by atoms with Crippen LogP contribution in [0.2, 0.25) is 0 Å². The summed E-state index contributed by atoms with van der Waals surface area (Å²) in [5.41, 5.74) is 1.22. The van der Waals surface area contributed by atoms with Gasteiger partial charge in [-0.15, -0.1) is 0 Å². The van der Waals surface area contributed by atoms with E-state index in [1.807, 2.05) is 36.9 Å². The van der Waals surface area contributed by atoms with Gasteiger partial charge < -0.3 is 20.6 Å². The number of aryl methyl sites for hydroxylation is 1. The van der Waals surface area contributed by atoms with Crippen molar-refractivity contribution in [1.82, 2.24) is 10.2 Å². The Balaban J connectivity index is 1.97. The molecule has 1 aliphatic rings. The second-order valence-corrected chi connectivity index (χ2v) is 7.53. The Morgan fingerprint density at radius 2 is 1.81 bits per heavy atom. The van der Waals surface area contributed by atoms with Crippen LogP contribution in [0.25, 0.3) is 0 Å². The highest BCUT2D eigenvalue weighted by atomic mass is 16.3. The molecule has 0 bridgehead atoms. The van der Waals surface area contributed by atoms with Gasteiger partial charge in [-0.2, -0.15) is 0 Å². The van der Waals surface area contributed by atoms with E-state index in [1.165, 1.54) is 5.56 Å². The molecule has 1 saturated heterocycles. The van der Waals surface area contributed by atoms with Crippen LogP contribution in [0.15, 0.2) is 30.3 Å². The fourth-order valence-electron chi connectivity index (χ4n) is 3.57. The molecule has 1 amide bonds. The Bertz CT molecular complexity index is 552. The first-order valence-corrected chi connectivity index (χ1v) is 9.47. The van der Waals surface area contributed by atoms with Gasteiger partial charge in [0.05, 0.1) is 24.9 Å². The van der Waals surface area contributed by atoms with Crippen LogP contribution in [-0.4, -0.2) is 70.1 Å². The minimum Gasteiger partial charge on any atom is -0.395 e. The molecule has 0 saturated carbocycles. The zero-order chi connectivity index (χ0) is 19.1. The standard InChI is InChI=1S/C20H32N2O4/c1-14(2)12-21-18(24)11-16-19(25)20(26)17(13-23)22(16)10-6-9-15-7-4-3-5-8-15/h3-5,7-8,14,16-17,19-20,23,25-26H,6,9-13H2,1-2H3,(H,21,24). The fourth-order valence-corrected chi connectivity index (χ4v) is 3.57. The molecular weight excluding hydrogens is 332 g/mol. The second-order valence-electron chi connectivity index (χ2n) is 7.53. The van der Waals surface area contributed by atoms with E-state index in [-0.39, 0.29) is 18.9 Å². The van der Waals surface area contributed by atoms with Gasteiger partial charge in [0.15, 0.2) is 0 Å². The summed E-state index contributed by atoms with van der Waals surface area (Å²) in [7, 11) is 0. The van der Waals surface area contributed by atoms with Crippen molar-refractivity contribution in [3.8, 4) is 0 Å². The first-order chi connectivity index (χ1) is 12.4. The number of rotatable bonds is 9. The number of hydrogen-bond donors (Lipinski definition) is 4. The molecule has 0 aliphatic carbocycles. The van der Waals surface area contributed by atoms with Gasteiger partial charge in [-0.05, 0) is 30.9 Å². The van der Waals surface area contributed by atoms with Crippen molar-refractivity contribution in [2.24, 2.45) is 5.92 Å². The van der Waals surface area contributed by atoms with E-state index in [1.54, 1.807) is 0 Å². The van der Waals surface area contributed by atoms with Crippen LogP contribution in [0.3, 0.4) is 0 Å². The van der Waals surface area contributed by atoms with Gasteiger partial charge in [0.1, 0.15) is 0 Å². The number of nitrogens with one attached hydrogen (secondary N) is 1. The average Bonchev–Trinajstić information content (AvgIpc) is 2.85. The number of aliphatic hydroxyl groups excluding tert-OH is 3. The molecule has 6 nitrogen and oxygen atoms in total. The number of nitrogens with zero attached hydrogens (tertiary/aromatic N) is 1. The maximum absolute atomic E-state index is 12.2. The summed E-state index contributed by atoms with van der Waals surface area (Å²) in [5, 5.41) is 33.2. The maximum Gasteiger partial charge on any atom is 0.221 e. The van der Waals surface area contributed by atoms with E-state index in [4.69, 9.17) is 0 Å². The van der Waals surface area contributed by atoms with Gasteiger partial charge in [-0.1, -0.05) is 44.2 Å². The third kappa shape index (κ3) is 5.51. The van der Waals surface area contributed by atoms with E-state index in [0.717, 1.165) is 12.8 Å². The van der Waals surface area contributed by atoms with Gasteiger partial charge in [-0.3, -0.25) is 9.69 Å². The summed E-state index contributed by atoms with van der Waals surface area (Å²) in [4.78, 5) is 14.1. The lowest BCUT2D eigenvalue weighted by atomic mass is 10.0. The molecule has 0 spiro atoms. The van der Waals surface area contributed by atoms with Crippen molar-refractivity contribution in [3.63, 3.8) is 0 Å². The number of likely N-dealkylation sites (tertiary alicyclic amines) is 1. The smallest absolute Gasteiger partial charge is 0.221 e. The quantitative estimate of drug-likeness (QED) is 0.513. The Kier molecular flexibility index (Phi) is 8.03. The van der Waals surface area contributed by atoms with Crippen molar-refractivity contribution in [3.05, 3.63) is 35.9 Å². The first-order valence-electron chi connectivity index (χ1n) is 9.47. The topological polar surface area (TPSA) is 93.0 Å². The van der Waals surface area contributed by atoms with E-state index in [9.17, 15) is 20.1 Å². The first kappa shape index (κ1) is 20.8. The molecule has 1 heterocycles. The lowest BCUT2D eigenvalue weighted by Gasteiger charge is -2.29. The van der Waals surface area contributed by atoms with Crippen molar-refractivity contribution in [2.45, 2.75) is 57.4 Å². The Morgan fingerprint density at radius 1 is 1.15 bits per heavy atom. The molecule has 26 heavy (non-hydrogen) atoms. The summed E-state index contributed by atoms with van der Waals surface area (Å²) < 4.78 is 0. The number of benzene rings is 1. The van der Waals surface area contributed by atoms with Crippen molar-refractivity contribution >= 4 is 5.91 Å². The summed E-state index contributed by atoms with van der Waals surface area (Å²) in [5.74, 6) is 0.215. The van der Waals surface area contributed by atoms with Crippen molar-refractivity contribution < 1.29 is 20.1 Å². The van der Waals surface area contributed by atoms with Gasteiger partial charge >= 0.3 is 0 Å². The minimum absolute atomic E-state index is 0.118. The summed E-state index contributed by atoms with van der Waals surface area (Å²) in [6.07, 6.45) is -0.265. The van der Waals surface area contributed by atoms with Gasteiger partial charge in [-0.25, -0.2) is 0 Å². The summed E-state index contributed by atoms with van der Waals surface area (Å²) >= 11 is 0. The van der Waals surface area contributed by atoms with E-state index in [2.05, 4.69) is 17.4 Å². The normalized spacial score (nSPS) is 26.4. The third-order valence-electron chi connectivity index (χ3n) is 5.00. The minimum atomic E-state index is -1.04. The van der Waals surface area contributed by atoms with E-state index in [0.29, 0.717) is 19.0 Å². The van der Waals surface area contributed by atoms with Gasteiger partial charge in [0.25, 0.3) is 0 Å². The molecule has 1 fully saturated rings. The summed E-state index contributed by atoms with van der Waals surface area (Å²) in [6, 6.07) is 9.08. The number of hydrogen-bond acceptors (Lipinski definition) is 5. The third-order valence-corrected chi connectivity index (χ3v) is 5.00. The predicted octanol–water partition coefficient (Wildman–Crippen LogP) is 0.548. The SMILES string of the molecule is CC(C)CNC(=O)CC1C(O)C(O)C(CO)N1CCCc1ccccc1. The second kappa shape index (κ2) is 10.0. The van der Waals surface area contributed by atoms with Crippen LogP contribution in [0.4, 0.5) is 0 Å². The van der Waals surface area contributed by atoms with Crippen LogP contribution in [0.1, 0.15) is 32.3 Å². The number of aliphatic hydroxyl groups is 3. The van der Waals surface area contributed by atoms with Crippen molar-refractivity contribution in [1.29, 1.82) is 0 Å². The molecule has 0 aromatic heterocycles. The van der Waals surface area contributed by atoms with Crippen molar-refractivity contribution in [2.75, 3.05) is 19.7 Å². The molecule has 2 rings (SSSR count). The molecule has 1 aromatic carbocycles. The average molecular weight is 364 g/mol. The molecule has 146 valence electrons. The van der Waals surface area contributed by atoms with Crippen LogP contribution >= 0.6 is 0 Å². The van der Waals surface area contributed by atoms with Gasteiger partial charge in [0.2, 0.25) is 5.91 Å². The number of amides is 1. The highest BCUT2D eigenvalue weighted by Crippen LogP contribution is 2.28. The van der Waals surface area contributed by atoms with Gasteiger partial charge in [0, 0.05) is 19.0 Å². The molecule has 4 atom stereocenters. The molecule has 1 aliphatic heterocycles. The number of carbonyl (C=O) groups excluding carboxylic acids is 1. The predicted molar refractivity (Wildman–Crippen MR) is 101 cm³/mol. The Hall–Kier alpha value is -1.47. The highest BCUT2D eigenvalue weighted by molar-refractivity contribution is 5.76. The Morgan fingerprint density at radius 3 is 2.42 bits per heavy atom. The largest absolute Gasteiger partial charge is 0.395 e. The lowest BCUT2D eigenvalue weighted by Crippen LogP contribution is -2.44. The lowest BCUT2D eigenvalue weighted by molar-refractivity contribution is -0.123. The molecule has 4 N–H and O–H groups in total. The molecule has 6 heteroatoms. The summed E-state index contributed by atoms with van der Waals surface area (Å²) in [6.45, 7) is 4.99. The fraction of sp³-hybridized carbons (Fsp3) is 0.650. The van der Waals surface area contributed by atoms with Crippen LogP contribution in [0.5, 0.6) is 0 Å². The highest BCUT2D eigenvalue weighted by Gasteiger charge is 2.47. The van der Waals surface area contributed by atoms with Crippen LogP contribution < -0.4 is 5.32 Å². The molecule has 4 unspecified atom stereocenters. The molecule has 0 radical (unpaired) electrons.